The van der Waals surface area contributed by atoms with Gasteiger partial charge in [0.1, 0.15) is 4.88 Å². The number of thiophene rings is 1. The minimum Gasteiger partial charge on any atom is -0.409 e. The summed E-state index contributed by atoms with van der Waals surface area (Å²) in [6.07, 6.45) is 0. The molecule has 2 rings (SSSR count). The number of benzene rings is 1. The van der Waals surface area contributed by atoms with Gasteiger partial charge in [-0.25, -0.2) is 0 Å². The number of hydrogen-bond donors (Lipinski definition) is 3. The second-order valence-corrected chi connectivity index (χ2v) is 5.73. The fourth-order valence-corrected chi connectivity index (χ4v) is 3.04. The largest absolute Gasteiger partial charge is 0.409 e. The molecule has 20 heavy (non-hydrogen) atoms. The van der Waals surface area contributed by atoms with Gasteiger partial charge in [-0.3, -0.25) is 4.79 Å². The molecule has 0 aliphatic rings. The summed E-state index contributed by atoms with van der Waals surface area (Å²) in [5, 5.41) is 16.2. The van der Waals surface area contributed by atoms with Crippen molar-refractivity contribution in [3.63, 3.8) is 0 Å². The number of amides is 1. The van der Waals surface area contributed by atoms with E-state index in [1.165, 1.54) is 11.3 Å². The zero-order valence-electron chi connectivity index (χ0n) is 10.3. The van der Waals surface area contributed by atoms with Gasteiger partial charge in [0.05, 0.1) is 0 Å². The van der Waals surface area contributed by atoms with Crippen molar-refractivity contribution in [1.29, 1.82) is 0 Å². The van der Waals surface area contributed by atoms with Crippen LogP contribution in [-0.4, -0.2) is 17.0 Å². The van der Waals surface area contributed by atoms with Crippen molar-refractivity contribution >= 4 is 39.0 Å². The molecule has 0 saturated heterocycles. The first-order valence-corrected chi connectivity index (χ1v) is 7.37. The molecule has 0 unspecified atom stereocenters. The van der Waals surface area contributed by atoms with Crippen LogP contribution in [0.15, 0.2) is 45.3 Å². The summed E-state index contributed by atoms with van der Waals surface area (Å²) < 4.78 is 0.794. The number of nitrogens with one attached hydrogen (secondary N) is 1. The molecule has 0 fully saturated rings. The van der Waals surface area contributed by atoms with Crippen LogP contribution in [0.1, 0.15) is 20.8 Å². The van der Waals surface area contributed by atoms with Crippen molar-refractivity contribution < 1.29 is 10.0 Å². The standard InChI is InChI=1S/C13H12BrN3O2S/c14-10-5-6-20-11(10)13(18)16-7-8-1-3-9(4-2-8)12(15)17-19/h1-6,19H,7H2,(H2,15,17)(H,16,18). The number of nitrogens with two attached hydrogens (primary N) is 1. The van der Waals surface area contributed by atoms with Crippen LogP contribution >= 0.6 is 27.3 Å². The highest BCUT2D eigenvalue weighted by atomic mass is 79.9. The quantitative estimate of drug-likeness (QED) is 0.341. The monoisotopic (exact) mass is 353 g/mol. The van der Waals surface area contributed by atoms with Gasteiger partial charge in [-0.1, -0.05) is 29.4 Å². The summed E-state index contributed by atoms with van der Waals surface area (Å²) in [6, 6.07) is 8.94. The Balaban J connectivity index is 1.98. The Morgan fingerprint density at radius 2 is 2.05 bits per heavy atom. The number of amidine groups is 1. The molecule has 104 valence electrons. The maximum atomic E-state index is 11.9. The molecule has 0 radical (unpaired) electrons. The van der Waals surface area contributed by atoms with E-state index in [4.69, 9.17) is 10.9 Å². The molecule has 0 aliphatic heterocycles. The summed E-state index contributed by atoms with van der Waals surface area (Å²) in [5.74, 6) is -0.0597. The molecule has 0 aliphatic carbocycles. The van der Waals surface area contributed by atoms with Crippen LogP contribution in [0.4, 0.5) is 0 Å². The summed E-state index contributed by atoms with van der Waals surface area (Å²) in [6.45, 7) is 0.416. The minimum absolute atomic E-state index is 0.0584. The lowest BCUT2D eigenvalue weighted by molar-refractivity contribution is 0.0954. The van der Waals surface area contributed by atoms with Gasteiger partial charge < -0.3 is 16.3 Å². The van der Waals surface area contributed by atoms with Gasteiger partial charge in [-0.15, -0.1) is 11.3 Å². The highest BCUT2D eigenvalue weighted by molar-refractivity contribution is 9.10. The van der Waals surface area contributed by atoms with Crippen molar-refractivity contribution in [2.75, 3.05) is 0 Å². The lowest BCUT2D eigenvalue weighted by atomic mass is 10.1. The van der Waals surface area contributed by atoms with Crippen LogP contribution in [-0.2, 0) is 6.54 Å². The third kappa shape index (κ3) is 3.37. The normalized spacial score (nSPS) is 11.3. The number of halogens is 1. The van der Waals surface area contributed by atoms with Crippen LogP contribution in [0, 0.1) is 0 Å². The highest BCUT2D eigenvalue weighted by Crippen LogP contribution is 2.22. The molecule has 0 atom stereocenters. The fourth-order valence-electron chi connectivity index (χ4n) is 1.57. The van der Waals surface area contributed by atoms with Crippen molar-refractivity contribution in [2.24, 2.45) is 10.9 Å². The van der Waals surface area contributed by atoms with Gasteiger partial charge >= 0.3 is 0 Å². The average molecular weight is 354 g/mol. The van der Waals surface area contributed by atoms with Crippen molar-refractivity contribution in [3.05, 3.63) is 56.2 Å². The number of nitrogens with zero attached hydrogens (tertiary/aromatic N) is 1. The number of carbonyl (C=O) groups excluding carboxylic acids is 1. The van der Waals surface area contributed by atoms with E-state index in [-0.39, 0.29) is 11.7 Å². The first-order chi connectivity index (χ1) is 9.61. The van der Waals surface area contributed by atoms with Crippen LogP contribution in [0.25, 0.3) is 0 Å². The first-order valence-electron chi connectivity index (χ1n) is 5.70. The number of rotatable bonds is 4. The minimum atomic E-state index is -0.118. The van der Waals surface area contributed by atoms with E-state index in [0.29, 0.717) is 17.0 Å². The lowest BCUT2D eigenvalue weighted by Crippen LogP contribution is -2.22. The Bertz CT molecular complexity index is 637. The molecule has 2 aromatic rings. The topological polar surface area (TPSA) is 87.7 Å². The molecule has 5 nitrogen and oxygen atoms in total. The second-order valence-electron chi connectivity index (χ2n) is 3.96. The summed E-state index contributed by atoms with van der Waals surface area (Å²) in [7, 11) is 0. The predicted molar refractivity (Wildman–Crippen MR) is 82.1 cm³/mol. The Labute approximate surface area is 128 Å². The van der Waals surface area contributed by atoms with Gasteiger partial charge in [-0.05, 0) is 32.9 Å². The number of hydrogen-bond acceptors (Lipinski definition) is 4. The summed E-state index contributed by atoms with van der Waals surface area (Å²) >= 11 is 4.71. The maximum absolute atomic E-state index is 11.9. The Morgan fingerprint density at radius 1 is 1.35 bits per heavy atom. The van der Waals surface area contributed by atoms with Gasteiger partial charge in [0.2, 0.25) is 0 Å². The van der Waals surface area contributed by atoms with E-state index in [9.17, 15) is 4.79 Å². The van der Waals surface area contributed by atoms with Crippen LogP contribution in [0.2, 0.25) is 0 Å². The zero-order chi connectivity index (χ0) is 14.5. The molecular weight excluding hydrogens is 342 g/mol. The molecular formula is C13H12BrN3O2S. The van der Waals surface area contributed by atoms with Crippen molar-refractivity contribution in [2.45, 2.75) is 6.54 Å². The Morgan fingerprint density at radius 3 is 2.60 bits per heavy atom. The van der Waals surface area contributed by atoms with Crippen molar-refractivity contribution in [3.8, 4) is 0 Å². The molecule has 7 heteroatoms. The second kappa shape index (κ2) is 6.53. The number of oxime groups is 1. The average Bonchev–Trinajstić information content (AvgIpc) is 2.90. The molecule has 4 N–H and O–H groups in total. The van der Waals surface area contributed by atoms with Crippen LogP contribution < -0.4 is 11.1 Å². The van der Waals surface area contributed by atoms with E-state index in [1.807, 2.05) is 23.6 Å². The van der Waals surface area contributed by atoms with Crippen LogP contribution in [0.5, 0.6) is 0 Å². The SMILES string of the molecule is NC(=NO)c1ccc(CNC(=O)c2sccc2Br)cc1. The maximum Gasteiger partial charge on any atom is 0.262 e. The molecule has 0 spiro atoms. The van der Waals surface area contributed by atoms with Gasteiger partial charge in [-0.2, -0.15) is 0 Å². The van der Waals surface area contributed by atoms with Gasteiger partial charge in [0.25, 0.3) is 5.91 Å². The molecule has 1 aromatic heterocycles. The molecule has 0 saturated carbocycles. The number of carbonyl (C=O) groups is 1. The van der Waals surface area contributed by atoms with Gasteiger partial charge in [0, 0.05) is 16.6 Å². The summed E-state index contributed by atoms with van der Waals surface area (Å²) in [4.78, 5) is 12.6. The van der Waals surface area contributed by atoms with Gasteiger partial charge in [0.15, 0.2) is 5.84 Å². The van der Waals surface area contributed by atoms with E-state index in [1.54, 1.807) is 12.1 Å². The van der Waals surface area contributed by atoms with E-state index in [2.05, 4.69) is 26.4 Å². The third-order valence-corrected chi connectivity index (χ3v) is 4.47. The van der Waals surface area contributed by atoms with Crippen molar-refractivity contribution in [1.82, 2.24) is 5.32 Å². The first kappa shape index (κ1) is 14.5. The molecule has 0 bridgehead atoms. The highest BCUT2D eigenvalue weighted by Gasteiger charge is 2.10. The van der Waals surface area contributed by atoms with E-state index < -0.39 is 0 Å². The lowest BCUT2D eigenvalue weighted by Gasteiger charge is -2.05. The molecule has 1 amide bonds. The predicted octanol–water partition coefficient (Wildman–Crippen LogP) is 2.54. The molecule has 1 heterocycles. The van der Waals surface area contributed by atoms with Crippen LogP contribution in [0.3, 0.4) is 0 Å². The van der Waals surface area contributed by atoms with E-state index in [0.717, 1.165) is 10.0 Å². The fraction of sp³-hybridized carbons (Fsp3) is 0.0769. The smallest absolute Gasteiger partial charge is 0.262 e. The zero-order valence-corrected chi connectivity index (χ0v) is 12.7. The Kier molecular flexibility index (Phi) is 4.75. The summed E-state index contributed by atoms with van der Waals surface area (Å²) in [5.41, 5.74) is 7.03. The third-order valence-electron chi connectivity index (χ3n) is 2.63. The Hall–Kier alpha value is -1.86. The van der Waals surface area contributed by atoms with E-state index >= 15 is 0 Å². The molecule has 1 aromatic carbocycles.